The Morgan fingerprint density at radius 2 is 2.04 bits per heavy atom. The lowest BCUT2D eigenvalue weighted by atomic mass is 10.2. The molecule has 0 bridgehead atoms. The molecule has 142 valence electrons. The first-order valence-corrected chi connectivity index (χ1v) is 11.3. The second-order valence-electron chi connectivity index (χ2n) is 6.36. The summed E-state index contributed by atoms with van der Waals surface area (Å²) in [6.07, 6.45) is 5.30. The fraction of sp³-hybridized carbons (Fsp3) is 0.706. The molecule has 1 aliphatic rings. The van der Waals surface area contributed by atoms with E-state index < -0.39 is 10.0 Å². The van der Waals surface area contributed by atoms with E-state index in [1.165, 1.54) is 11.3 Å². The van der Waals surface area contributed by atoms with Crippen molar-refractivity contribution in [2.24, 2.45) is 4.99 Å². The molecule has 25 heavy (non-hydrogen) atoms. The number of rotatable bonds is 7. The molecule has 0 spiro atoms. The lowest BCUT2D eigenvalue weighted by Crippen LogP contribution is -2.38. The third-order valence-electron chi connectivity index (χ3n) is 4.39. The SMILES string of the molecule is CCCCN(C)C(=NC)NCc1ccc(S(=O)(=O)N2CCCCC2)s1. The second kappa shape index (κ2) is 9.54. The Morgan fingerprint density at radius 1 is 1.32 bits per heavy atom. The van der Waals surface area contributed by atoms with E-state index in [4.69, 9.17) is 0 Å². The van der Waals surface area contributed by atoms with Crippen LogP contribution in [0.15, 0.2) is 21.3 Å². The number of piperidine rings is 1. The molecular weight excluding hydrogens is 356 g/mol. The van der Waals surface area contributed by atoms with Crippen LogP contribution in [0.3, 0.4) is 0 Å². The highest BCUT2D eigenvalue weighted by atomic mass is 32.2. The fourth-order valence-corrected chi connectivity index (χ4v) is 5.84. The summed E-state index contributed by atoms with van der Waals surface area (Å²) in [5.74, 6) is 0.835. The molecule has 6 nitrogen and oxygen atoms in total. The molecule has 0 aromatic carbocycles. The number of sulfonamides is 1. The van der Waals surface area contributed by atoms with Gasteiger partial charge in [0.25, 0.3) is 10.0 Å². The Labute approximate surface area is 156 Å². The van der Waals surface area contributed by atoms with Crippen LogP contribution in [0.4, 0.5) is 0 Å². The summed E-state index contributed by atoms with van der Waals surface area (Å²) in [5.41, 5.74) is 0. The molecule has 1 aliphatic heterocycles. The summed E-state index contributed by atoms with van der Waals surface area (Å²) in [6.45, 7) is 4.99. The number of aliphatic imine (C=N–C) groups is 1. The Balaban J connectivity index is 1.96. The van der Waals surface area contributed by atoms with Gasteiger partial charge >= 0.3 is 0 Å². The minimum Gasteiger partial charge on any atom is -0.351 e. The molecule has 0 amide bonds. The van der Waals surface area contributed by atoms with Gasteiger partial charge in [-0.25, -0.2) is 8.42 Å². The molecule has 2 heterocycles. The zero-order valence-electron chi connectivity index (χ0n) is 15.5. The third-order valence-corrected chi connectivity index (χ3v) is 7.84. The minimum atomic E-state index is -3.33. The smallest absolute Gasteiger partial charge is 0.252 e. The van der Waals surface area contributed by atoms with Crippen LogP contribution < -0.4 is 5.32 Å². The van der Waals surface area contributed by atoms with Gasteiger partial charge in [-0.05, 0) is 31.4 Å². The summed E-state index contributed by atoms with van der Waals surface area (Å²) in [5, 5.41) is 3.32. The summed E-state index contributed by atoms with van der Waals surface area (Å²) in [6, 6.07) is 3.63. The molecule has 0 atom stereocenters. The molecular formula is C17H30N4O2S2. The molecule has 0 aliphatic carbocycles. The molecule has 1 aromatic rings. The van der Waals surface area contributed by atoms with Crippen molar-refractivity contribution in [2.45, 2.75) is 49.8 Å². The van der Waals surface area contributed by atoms with Crippen LogP contribution in [0.2, 0.25) is 0 Å². The van der Waals surface area contributed by atoms with Crippen molar-refractivity contribution < 1.29 is 8.42 Å². The maximum absolute atomic E-state index is 12.7. The van der Waals surface area contributed by atoms with Crippen LogP contribution in [-0.4, -0.2) is 57.3 Å². The third kappa shape index (κ3) is 5.43. The van der Waals surface area contributed by atoms with E-state index in [0.29, 0.717) is 23.8 Å². The minimum absolute atomic E-state index is 0.445. The van der Waals surface area contributed by atoms with E-state index in [-0.39, 0.29) is 0 Å². The number of hydrogen-bond acceptors (Lipinski definition) is 4. The second-order valence-corrected chi connectivity index (χ2v) is 9.69. The monoisotopic (exact) mass is 386 g/mol. The van der Waals surface area contributed by atoms with Crippen LogP contribution in [0.25, 0.3) is 0 Å². The predicted octanol–water partition coefficient (Wildman–Crippen LogP) is 2.73. The summed E-state index contributed by atoms with van der Waals surface area (Å²) in [7, 11) is 0.459. The van der Waals surface area contributed by atoms with Crippen molar-refractivity contribution in [3.8, 4) is 0 Å². The van der Waals surface area contributed by atoms with Gasteiger partial charge in [0.1, 0.15) is 4.21 Å². The normalized spacial score (nSPS) is 16.8. The van der Waals surface area contributed by atoms with E-state index in [2.05, 4.69) is 22.1 Å². The highest BCUT2D eigenvalue weighted by molar-refractivity contribution is 7.91. The molecule has 0 saturated carbocycles. The number of nitrogens with one attached hydrogen (secondary N) is 1. The first-order valence-electron chi connectivity index (χ1n) is 8.99. The zero-order valence-corrected chi connectivity index (χ0v) is 17.1. The zero-order chi connectivity index (χ0) is 18.3. The van der Waals surface area contributed by atoms with Crippen LogP contribution in [0, 0.1) is 0 Å². The van der Waals surface area contributed by atoms with Gasteiger partial charge in [-0.15, -0.1) is 11.3 Å². The van der Waals surface area contributed by atoms with Crippen molar-refractivity contribution in [1.29, 1.82) is 0 Å². The molecule has 1 aromatic heterocycles. The summed E-state index contributed by atoms with van der Waals surface area (Å²) in [4.78, 5) is 7.39. The highest BCUT2D eigenvalue weighted by Gasteiger charge is 2.27. The molecule has 0 radical (unpaired) electrons. The van der Waals surface area contributed by atoms with Gasteiger partial charge < -0.3 is 10.2 Å². The summed E-state index contributed by atoms with van der Waals surface area (Å²) >= 11 is 1.35. The lowest BCUT2D eigenvalue weighted by molar-refractivity contribution is 0.347. The van der Waals surface area contributed by atoms with Gasteiger partial charge in [0.05, 0.1) is 6.54 Å². The average Bonchev–Trinajstić information content (AvgIpc) is 3.11. The standard InChI is InChI=1S/C17H30N4O2S2/c1-4-5-11-20(3)17(18-2)19-14-15-9-10-16(24-15)25(22,23)21-12-7-6-8-13-21/h9-10H,4-8,11-14H2,1-3H3,(H,18,19). The maximum Gasteiger partial charge on any atom is 0.252 e. The van der Waals surface area contributed by atoms with E-state index in [0.717, 1.165) is 49.5 Å². The van der Waals surface area contributed by atoms with E-state index in [1.54, 1.807) is 17.4 Å². The maximum atomic E-state index is 12.7. The van der Waals surface area contributed by atoms with Gasteiger partial charge in [-0.1, -0.05) is 19.8 Å². The van der Waals surface area contributed by atoms with Gasteiger partial charge in [0, 0.05) is 38.6 Å². The van der Waals surface area contributed by atoms with Gasteiger partial charge in [0.2, 0.25) is 0 Å². The number of nitrogens with zero attached hydrogens (tertiary/aromatic N) is 3. The molecule has 1 fully saturated rings. The molecule has 1 N–H and O–H groups in total. The molecule has 2 rings (SSSR count). The predicted molar refractivity (Wildman–Crippen MR) is 105 cm³/mol. The largest absolute Gasteiger partial charge is 0.351 e. The molecule has 8 heteroatoms. The van der Waals surface area contributed by atoms with Gasteiger partial charge in [0.15, 0.2) is 5.96 Å². The van der Waals surface area contributed by atoms with E-state index in [9.17, 15) is 8.42 Å². The van der Waals surface area contributed by atoms with Crippen LogP contribution in [0.1, 0.15) is 43.9 Å². The van der Waals surface area contributed by atoms with Crippen molar-refractivity contribution in [2.75, 3.05) is 33.7 Å². The van der Waals surface area contributed by atoms with Crippen LogP contribution in [0.5, 0.6) is 0 Å². The first kappa shape index (κ1) is 20.2. The first-order chi connectivity index (χ1) is 12.0. The Hall–Kier alpha value is -1.12. The lowest BCUT2D eigenvalue weighted by Gasteiger charge is -2.25. The fourth-order valence-electron chi connectivity index (χ4n) is 2.88. The molecule has 0 unspecified atom stereocenters. The number of guanidine groups is 1. The van der Waals surface area contributed by atoms with Gasteiger partial charge in [-0.2, -0.15) is 4.31 Å². The van der Waals surface area contributed by atoms with Crippen molar-refractivity contribution in [3.63, 3.8) is 0 Å². The van der Waals surface area contributed by atoms with E-state index in [1.807, 2.05) is 13.1 Å². The highest BCUT2D eigenvalue weighted by Crippen LogP contribution is 2.27. The van der Waals surface area contributed by atoms with E-state index >= 15 is 0 Å². The Bertz CT molecular complexity index is 664. The quantitative estimate of drug-likeness (QED) is 0.578. The van der Waals surface area contributed by atoms with Crippen LogP contribution >= 0.6 is 11.3 Å². The topological polar surface area (TPSA) is 65.0 Å². The van der Waals surface area contributed by atoms with Crippen molar-refractivity contribution in [1.82, 2.24) is 14.5 Å². The van der Waals surface area contributed by atoms with Crippen molar-refractivity contribution in [3.05, 3.63) is 17.0 Å². The Kier molecular flexibility index (Phi) is 7.71. The van der Waals surface area contributed by atoms with Crippen molar-refractivity contribution >= 4 is 27.3 Å². The number of hydrogen-bond donors (Lipinski definition) is 1. The molecule has 1 saturated heterocycles. The van der Waals surface area contributed by atoms with Gasteiger partial charge in [-0.3, -0.25) is 4.99 Å². The number of unbranched alkanes of at least 4 members (excludes halogenated alkanes) is 1. The Morgan fingerprint density at radius 3 is 2.68 bits per heavy atom. The average molecular weight is 387 g/mol. The summed E-state index contributed by atoms with van der Waals surface area (Å²) < 4.78 is 27.5. The number of thiophene rings is 1. The van der Waals surface area contributed by atoms with Crippen LogP contribution in [-0.2, 0) is 16.6 Å².